The zero-order chi connectivity index (χ0) is 15.5. The first kappa shape index (κ1) is 18.4. The molecule has 10 heteroatoms. The second-order valence-electron chi connectivity index (χ2n) is 3.76. The molecule has 0 spiro atoms. The van der Waals surface area contributed by atoms with E-state index in [9.17, 15) is 26.3 Å². The van der Waals surface area contributed by atoms with E-state index in [2.05, 4.69) is 9.47 Å². The maximum Gasteiger partial charge on any atom is 0.377 e. The van der Waals surface area contributed by atoms with Gasteiger partial charge < -0.3 is 19.7 Å². The Labute approximate surface area is 104 Å². The van der Waals surface area contributed by atoms with Crippen LogP contribution in [-0.2, 0) is 9.47 Å². The highest BCUT2D eigenvalue weighted by molar-refractivity contribution is 5.03. The lowest BCUT2D eigenvalue weighted by Gasteiger charge is -2.36. The molecule has 116 valence electrons. The van der Waals surface area contributed by atoms with Crippen molar-refractivity contribution < 1.29 is 46.0 Å². The average Bonchev–Trinajstić information content (AvgIpc) is 2.28. The van der Waals surface area contributed by atoms with Gasteiger partial charge in [0.2, 0.25) is 0 Å². The molecular formula is C9H14F6O4. The molecule has 0 aromatic heterocycles. The maximum atomic E-state index is 13.2. The van der Waals surface area contributed by atoms with Crippen LogP contribution in [0.25, 0.3) is 0 Å². The van der Waals surface area contributed by atoms with Crippen LogP contribution in [0.1, 0.15) is 0 Å². The van der Waals surface area contributed by atoms with Crippen molar-refractivity contribution in [1.29, 1.82) is 0 Å². The van der Waals surface area contributed by atoms with E-state index in [1.807, 2.05) is 0 Å². The zero-order valence-corrected chi connectivity index (χ0v) is 10.0. The number of halogens is 6. The van der Waals surface area contributed by atoms with Crippen LogP contribution >= 0.6 is 0 Å². The van der Waals surface area contributed by atoms with E-state index < -0.39 is 43.2 Å². The molecule has 0 aliphatic rings. The van der Waals surface area contributed by atoms with E-state index in [0.717, 1.165) is 14.2 Å². The number of aliphatic hydroxyl groups is 2. The van der Waals surface area contributed by atoms with Crippen LogP contribution in [0.4, 0.5) is 26.3 Å². The molecule has 2 atom stereocenters. The first-order valence-corrected chi connectivity index (χ1v) is 4.94. The Morgan fingerprint density at radius 3 is 1.26 bits per heavy atom. The Kier molecular flexibility index (Phi) is 6.06. The summed E-state index contributed by atoms with van der Waals surface area (Å²) in [6.45, 7) is -2.56. The summed E-state index contributed by atoms with van der Waals surface area (Å²) in [5.41, 5.74) is 0. The normalized spacial score (nSPS) is 17.4. The van der Waals surface area contributed by atoms with E-state index in [4.69, 9.17) is 10.2 Å². The third kappa shape index (κ3) is 3.30. The predicted molar refractivity (Wildman–Crippen MR) is 50.6 cm³/mol. The minimum atomic E-state index is -5.99. The SMILES string of the molecule is COCC(O)C(F)(F)C(F)(F)C(F)(F)C(O)COC. The summed E-state index contributed by atoms with van der Waals surface area (Å²) in [4.78, 5) is 0. The summed E-state index contributed by atoms with van der Waals surface area (Å²) in [5.74, 6) is -17.0. The van der Waals surface area contributed by atoms with Gasteiger partial charge in [-0.1, -0.05) is 0 Å². The number of hydrogen-bond donors (Lipinski definition) is 2. The molecule has 0 heterocycles. The highest BCUT2D eigenvalue weighted by Gasteiger charge is 2.76. The molecule has 0 amide bonds. The summed E-state index contributed by atoms with van der Waals surface area (Å²) in [5, 5.41) is 17.6. The first-order chi connectivity index (χ1) is 8.46. The fourth-order valence-electron chi connectivity index (χ4n) is 1.17. The first-order valence-electron chi connectivity index (χ1n) is 4.94. The van der Waals surface area contributed by atoms with Crippen LogP contribution in [-0.4, -0.2) is 67.6 Å². The number of hydrogen-bond acceptors (Lipinski definition) is 4. The van der Waals surface area contributed by atoms with Crippen LogP contribution < -0.4 is 0 Å². The van der Waals surface area contributed by atoms with Crippen LogP contribution in [0.5, 0.6) is 0 Å². The molecule has 0 bridgehead atoms. The van der Waals surface area contributed by atoms with Gasteiger partial charge in [-0.05, 0) is 0 Å². The van der Waals surface area contributed by atoms with Crippen molar-refractivity contribution in [3.8, 4) is 0 Å². The predicted octanol–water partition coefficient (Wildman–Crippen LogP) is 0.907. The standard InChI is InChI=1S/C9H14F6O4/c1-18-3-5(16)7(10,11)9(14,15)8(12,13)6(17)4-19-2/h5-6,16-17H,3-4H2,1-2H3. The number of rotatable bonds is 8. The Morgan fingerprint density at radius 1 is 0.789 bits per heavy atom. The van der Waals surface area contributed by atoms with Crippen molar-refractivity contribution >= 4 is 0 Å². The van der Waals surface area contributed by atoms with Gasteiger partial charge in [0, 0.05) is 14.2 Å². The molecule has 2 N–H and O–H groups in total. The molecule has 4 nitrogen and oxygen atoms in total. The van der Waals surface area contributed by atoms with E-state index >= 15 is 0 Å². The van der Waals surface area contributed by atoms with Gasteiger partial charge >= 0.3 is 17.8 Å². The van der Waals surface area contributed by atoms with Crippen molar-refractivity contribution in [3.05, 3.63) is 0 Å². The van der Waals surface area contributed by atoms with Gasteiger partial charge in [0.05, 0.1) is 13.2 Å². The molecule has 0 saturated carbocycles. The van der Waals surface area contributed by atoms with Gasteiger partial charge in [0.15, 0.2) is 0 Å². The van der Waals surface area contributed by atoms with Gasteiger partial charge in [-0.25, -0.2) is 0 Å². The lowest BCUT2D eigenvalue weighted by atomic mass is 9.96. The van der Waals surface area contributed by atoms with Crippen molar-refractivity contribution in [2.24, 2.45) is 0 Å². The highest BCUT2D eigenvalue weighted by Crippen LogP contribution is 2.48. The molecule has 0 radical (unpaired) electrons. The van der Waals surface area contributed by atoms with Crippen LogP contribution in [0.15, 0.2) is 0 Å². The zero-order valence-electron chi connectivity index (χ0n) is 10.0. The number of alkyl halides is 6. The van der Waals surface area contributed by atoms with E-state index in [1.54, 1.807) is 0 Å². The van der Waals surface area contributed by atoms with E-state index in [-0.39, 0.29) is 0 Å². The maximum absolute atomic E-state index is 13.2. The smallest absolute Gasteiger partial charge is 0.377 e. The number of aliphatic hydroxyl groups excluding tert-OH is 2. The van der Waals surface area contributed by atoms with Crippen molar-refractivity contribution in [1.82, 2.24) is 0 Å². The Morgan fingerprint density at radius 2 is 1.05 bits per heavy atom. The van der Waals surface area contributed by atoms with Gasteiger partial charge in [0.1, 0.15) is 12.2 Å². The van der Waals surface area contributed by atoms with Gasteiger partial charge in [-0.15, -0.1) is 0 Å². The van der Waals surface area contributed by atoms with Gasteiger partial charge in [-0.2, -0.15) is 26.3 Å². The quantitative estimate of drug-likeness (QED) is 0.654. The lowest BCUT2D eigenvalue weighted by Crippen LogP contribution is -2.64. The number of ether oxygens (including phenoxy) is 2. The minimum Gasteiger partial charge on any atom is -0.384 e. The molecule has 0 aromatic carbocycles. The molecule has 0 rings (SSSR count). The summed E-state index contributed by atoms with van der Waals surface area (Å²) in [6, 6.07) is 0. The van der Waals surface area contributed by atoms with Crippen LogP contribution in [0, 0.1) is 0 Å². The molecule has 19 heavy (non-hydrogen) atoms. The second-order valence-corrected chi connectivity index (χ2v) is 3.76. The summed E-state index contributed by atoms with van der Waals surface area (Å²) < 4.78 is 87.1. The third-order valence-electron chi connectivity index (χ3n) is 2.32. The Bertz CT molecular complexity index is 260. The van der Waals surface area contributed by atoms with Gasteiger partial charge in [-0.3, -0.25) is 0 Å². The highest BCUT2D eigenvalue weighted by atomic mass is 19.3. The summed E-state index contributed by atoms with van der Waals surface area (Å²) in [7, 11) is 1.63. The molecule has 0 aliphatic heterocycles. The largest absolute Gasteiger partial charge is 0.384 e. The van der Waals surface area contributed by atoms with Crippen molar-refractivity contribution in [2.75, 3.05) is 27.4 Å². The number of methoxy groups -OCH3 is 2. The molecule has 0 fully saturated rings. The Hall–Kier alpha value is -0.580. The van der Waals surface area contributed by atoms with Crippen molar-refractivity contribution in [3.63, 3.8) is 0 Å². The van der Waals surface area contributed by atoms with E-state index in [0.29, 0.717) is 0 Å². The summed E-state index contributed by atoms with van der Waals surface area (Å²) in [6.07, 6.45) is -6.32. The molecular weight excluding hydrogens is 286 g/mol. The van der Waals surface area contributed by atoms with Gasteiger partial charge in [0.25, 0.3) is 0 Å². The summed E-state index contributed by atoms with van der Waals surface area (Å²) >= 11 is 0. The average molecular weight is 300 g/mol. The Balaban J connectivity index is 5.32. The fraction of sp³-hybridized carbons (Fsp3) is 1.00. The molecule has 0 saturated heterocycles. The van der Waals surface area contributed by atoms with E-state index in [1.165, 1.54) is 0 Å². The molecule has 0 aromatic rings. The van der Waals surface area contributed by atoms with Crippen LogP contribution in [0.3, 0.4) is 0 Å². The third-order valence-corrected chi connectivity index (χ3v) is 2.32. The molecule has 0 aliphatic carbocycles. The lowest BCUT2D eigenvalue weighted by molar-refractivity contribution is -0.355. The molecule has 2 unspecified atom stereocenters. The fourth-order valence-corrected chi connectivity index (χ4v) is 1.17. The topological polar surface area (TPSA) is 58.9 Å². The van der Waals surface area contributed by atoms with Crippen molar-refractivity contribution in [2.45, 2.75) is 30.0 Å². The monoisotopic (exact) mass is 300 g/mol. The van der Waals surface area contributed by atoms with Crippen LogP contribution in [0.2, 0.25) is 0 Å². The second kappa shape index (κ2) is 6.25. The minimum absolute atomic E-state index is 0.815.